The molecule has 0 radical (unpaired) electrons. The Kier molecular flexibility index (Phi) is 10.8. The summed E-state index contributed by atoms with van der Waals surface area (Å²) < 4.78 is 11.0. The van der Waals surface area contributed by atoms with Crippen LogP contribution in [0.5, 0.6) is 0 Å². The molecule has 0 bridgehead atoms. The summed E-state index contributed by atoms with van der Waals surface area (Å²) >= 11 is 16.9. The van der Waals surface area contributed by atoms with E-state index < -0.39 is 16.0 Å². The summed E-state index contributed by atoms with van der Waals surface area (Å²) in [4.78, 5) is 16.9. The molecule has 2 N–H and O–H groups in total. The minimum atomic E-state index is -2.00. The number of nitrogens with one attached hydrogen (secondary N) is 1. The van der Waals surface area contributed by atoms with Crippen LogP contribution in [0.15, 0.2) is 78.9 Å². The van der Waals surface area contributed by atoms with Gasteiger partial charge in [-0.05, 0) is 22.3 Å². The molecule has 0 unspecified atom stereocenters. The second-order valence-electron chi connectivity index (χ2n) is 10.8. The Labute approximate surface area is 262 Å². The number of ether oxygens (including phenoxy) is 2. The number of aliphatic hydroxyl groups excluding tert-OH is 1. The number of hydrogen-bond acceptors (Lipinski definition) is 6. The Morgan fingerprint density at radius 2 is 1.43 bits per heavy atom. The number of carbonyl (C=O) groups is 1. The molecule has 0 aliphatic carbocycles. The van der Waals surface area contributed by atoms with Gasteiger partial charge in [0.1, 0.15) is 0 Å². The van der Waals surface area contributed by atoms with E-state index >= 15 is 0 Å². The van der Waals surface area contributed by atoms with Gasteiger partial charge in [0.2, 0.25) is 0 Å². The normalized spacial score (nSPS) is 22.1. The summed E-state index contributed by atoms with van der Waals surface area (Å²) in [6.07, 6.45) is 0.0233. The van der Waals surface area contributed by atoms with Crippen LogP contribution < -0.4 is 5.32 Å². The molecule has 2 aliphatic heterocycles. The van der Waals surface area contributed by atoms with E-state index in [4.69, 9.17) is 44.3 Å². The van der Waals surface area contributed by atoms with E-state index in [1.54, 1.807) is 0 Å². The molecule has 2 heterocycles. The maximum atomic E-state index is 11.9. The number of piperazine rings is 1. The van der Waals surface area contributed by atoms with Gasteiger partial charge >= 0.3 is 0 Å². The van der Waals surface area contributed by atoms with Gasteiger partial charge in [-0.15, -0.1) is 0 Å². The van der Waals surface area contributed by atoms with E-state index in [-0.39, 0.29) is 25.4 Å². The zero-order chi connectivity index (χ0) is 29.5. The zero-order valence-electron chi connectivity index (χ0n) is 23.3. The third kappa shape index (κ3) is 8.68. The summed E-state index contributed by atoms with van der Waals surface area (Å²) in [6.45, 7) is 6.05. The number of amides is 1. The number of aliphatic hydroxyl groups is 1. The molecule has 3 atom stereocenters. The molecule has 0 aromatic heterocycles. The molecule has 7 nitrogen and oxygen atoms in total. The van der Waals surface area contributed by atoms with Crippen molar-refractivity contribution in [3.8, 4) is 0 Å². The average molecular weight is 633 g/mol. The lowest BCUT2D eigenvalue weighted by Crippen LogP contribution is -2.49. The summed E-state index contributed by atoms with van der Waals surface area (Å²) in [7, 11) is 0. The van der Waals surface area contributed by atoms with Crippen molar-refractivity contribution in [3.63, 3.8) is 0 Å². The fraction of sp³-hybridized carbons (Fsp3) is 0.406. The van der Waals surface area contributed by atoms with Crippen LogP contribution in [-0.4, -0.2) is 63.4 Å². The molecule has 42 heavy (non-hydrogen) atoms. The molecular formula is C32H36Cl3N3O4. The van der Waals surface area contributed by atoms with Gasteiger partial charge in [-0.1, -0.05) is 114 Å². The highest BCUT2D eigenvalue weighted by Crippen LogP contribution is 2.38. The molecule has 2 fully saturated rings. The van der Waals surface area contributed by atoms with Crippen molar-refractivity contribution in [1.29, 1.82) is 0 Å². The second-order valence-corrected chi connectivity index (χ2v) is 13.1. The first-order valence-electron chi connectivity index (χ1n) is 14.2. The summed E-state index contributed by atoms with van der Waals surface area (Å²) in [6, 6.07) is 26.2. The van der Waals surface area contributed by atoms with Gasteiger partial charge in [-0.2, -0.15) is 0 Å². The van der Waals surface area contributed by atoms with Gasteiger partial charge in [0.05, 0.1) is 18.8 Å². The number of carbonyl (C=O) groups excluding carboxylic acids is 1. The Hall–Kier alpha value is -2.20. The summed E-state index contributed by atoms with van der Waals surface area (Å²) in [5, 5.41) is 12.1. The monoisotopic (exact) mass is 631 g/mol. The van der Waals surface area contributed by atoms with Gasteiger partial charge < -0.3 is 19.9 Å². The van der Waals surface area contributed by atoms with Gasteiger partial charge in [-0.3, -0.25) is 14.6 Å². The third-order valence-corrected chi connectivity index (χ3v) is 8.27. The first-order valence-corrected chi connectivity index (χ1v) is 15.3. The highest BCUT2D eigenvalue weighted by molar-refractivity contribution is 6.76. The number of alkyl halides is 3. The molecule has 5 rings (SSSR count). The molecule has 0 saturated carbocycles. The standard InChI is InChI=1S/C32H36Cl3N3O4/c33-32(34,35)31(40)36-19-23-6-12-27(13-7-23)30-41-28(18-29(42-30)26-10-8-25(22-39)9-11-26)21-38-16-14-37(15-17-38)20-24-4-2-1-3-5-24/h1-13,28-30,39H,14-22H2,(H,36,40)/t28-,29+,30+/m1/s1. The van der Waals surface area contributed by atoms with Crippen molar-refractivity contribution < 1.29 is 19.4 Å². The van der Waals surface area contributed by atoms with Gasteiger partial charge in [-0.25, -0.2) is 0 Å². The molecule has 10 heteroatoms. The van der Waals surface area contributed by atoms with E-state index in [2.05, 4.69) is 45.4 Å². The smallest absolute Gasteiger partial charge is 0.272 e. The van der Waals surface area contributed by atoms with Gasteiger partial charge in [0, 0.05) is 57.8 Å². The van der Waals surface area contributed by atoms with E-state index in [1.807, 2.05) is 48.5 Å². The fourth-order valence-corrected chi connectivity index (χ4v) is 5.57. The minimum absolute atomic E-state index is 0.00484. The van der Waals surface area contributed by atoms with Crippen molar-refractivity contribution in [2.24, 2.45) is 0 Å². The lowest BCUT2D eigenvalue weighted by Gasteiger charge is -2.40. The van der Waals surface area contributed by atoms with Crippen LogP contribution in [0.3, 0.4) is 0 Å². The molecule has 224 valence electrons. The average Bonchev–Trinajstić information content (AvgIpc) is 3.01. The maximum absolute atomic E-state index is 11.9. The number of halogens is 3. The topological polar surface area (TPSA) is 74.3 Å². The van der Waals surface area contributed by atoms with Crippen LogP contribution in [0.25, 0.3) is 0 Å². The number of hydrogen-bond donors (Lipinski definition) is 2. The quantitative estimate of drug-likeness (QED) is 0.303. The van der Waals surface area contributed by atoms with Crippen LogP contribution in [-0.2, 0) is 34.0 Å². The van der Waals surface area contributed by atoms with Crippen LogP contribution in [0.4, 0.5) is 0 Å². The van der Waals surface area contributed by atoms with Crippen molar-refractivity contribution in [3.05, 3.63) is 107 Å². The maximum Gasteiger partial charge on any atom is 0.272 e. The van der Waals surface area contributed by atoms with Crippen LogP contribution in [0.1, 0.15) is 46.6 Å². The van der Waals surface area contributed by atoms with Gasteiger partial charge in [0.15, 0.2) is 6.29 Å². The predicted octanol–water partition coefficient (Wildman–Crippen LogP) is 5.53. The second kappa shape index (κ2) is 14.5. The fourth-order valence-electron chi connectivity index (χ4n) is 5.37. The Balaban J connectivity index is 1.23. The number of rotatable bonds is 9. The van der Waals surface area contributed by atoms with E-state index in [1.165, 1.54) is 5.56 Å². The first kappa shape index (κ1) is 31.2. The number of nitrogens with zero attached hydrogens (tertiary/aromatic N) is 2. The summed E-state index contributed by atoms with van der Waals surface area (Å²) in [5.41, 5.74) is 5.02. The highest BCUT2D eigenvalue weighted by atomic mass is 35.6. The lowest BCUT2D eigenvalue weighted by atomic mass is 9.99. The zero-order valence-corrected chi connectivity index (χ0v) is 25.6. The lowest BCUT2D eigenvalue weighted by molar-refractivity contribution is -0.253. The molecule has 2 saturated heterocycles. The van der Waals surface area contributed by atoms with E-state index in [0.717, 1.165) is 67.9 Å². The van der Waals surface area contributed by atoms with Crippen LogP contribution in [0, 0.1) is 0 Å². The number of benzene rings is 3. The molecule has 2 aliphatic rings. The third-order valence-electron chi connectivity index (χ3n) is 7.75. The van der Waals surface area contributed by atoms with Crippen LogP contribution >= 0.6 is 34.8 Å². The molecule has 3 aromatic rings. The van der Waals surface area contributed by atoms with Crippen molar-refractivity contribution in [2.45, 2.75) is 48.4 Å². The molecule has 3 aromatic carbocycles. The Morgan fingerprint density at radius 1 is 0.810 bits per heavy atom. The highest BCUT2D eigenvalue weighted by Gasteiger charge is 2.34. The van der Waals surface area contributed by atoms with Crippen molar-refractivity contribution in [1.82, 2.24) is 15.1 Å². The first-order chi connectivity index (χ1) is 20.3. The molecular weight excluding hydrogens is 597 g/mol. The Morgan fingerprint density at radius 3 is 2.07 bits per heavy atom. The molecule has 0 spiro atoms. The van der Waals surface area contributed by atoms with Crippen molar-refractivity contribution >= 4 is 40.7 Å². The van der Waals surface area contributed by atoms with Crippen molar-refractivity contribution in [2.75, 3.05) is 32.7 Å². The Bertz CT molecular complexity index is 1280. The van der Waals surface area contributed by atoms with E-state index in [0.29, 0.717) is 0 Å². The predicted molar refractivity (Wildman–Crippen MR) is 165 cm³/mol. The largest absolute Gasteiger partial charge is 0.392 e. The SMILES string of the molecule is O=C(NCc1ccc([C@H]2O[C@@H](CN3CCN(Cc4ccccc4)CC3)C[C@@H](c3ccc(CO)cc3)O2)cc1)C(Cl)(Cl)Cl. The van der Waals surface area contributed by atoms with Crippen LogP contribution in [0.2, 0.25) is 0 Å². The minimum Gasteiger partial charge on any atom is -0.392 e. The van der Waals surface area contributed by atoms with E-state index in [9.17, 15) is 9.90 Å². The molecule has 1 amide bonds. The summed E-state index contributed by atoms with van der Waals surface area (Å²) in [5.74, 6) is -0.672. The van der Waals surface area contributed by atoms with Gasteiger partial charge in [0.25, 0.3) is 9.70 Å².